The van der Waals surface area contributed by atoms with Crippen LogP contribution in [0.15, 0.2) is 54.6 Å². The number of aromatic nitrogens is 2. The zero-order valence-corrected chi connectivity index (χ0v) is 20.7. The summed E-state index contributed by atoms with van der Waals surface area (Å²) < 4.78 is 18.7. The van der Waals surface area contributed by atoms with Crippen LogP contribution in [-0.2, 0) is 18.3 Å². The van der Waals surface area contributed by atoms with Gasteiger partial charge in [0.25, 0.3) is 0 Å². The van der Waals surface area contributed by atoms with E-state index in [1.54, 1.807) is 18.9 Å². The summed E-state index contributed by atoms with van der Waals surface area (Å²) in [6.07, 6.45) is 2.47. The molecule has 34 heavy (non-hydrogen) atoms. The first-order valence-electron chi connectivity index (χ1n) is 11.9. The normalized spacial score (nSPS) is 12.2. The monoisotopic (exact) mass is 467 g/mol. The number of hydrogen-bond donors (Lipinski definition) is 1. The van der Waals surface area contributed by atoms with E-state index < -0.39 is 0 Å². The maximum atomic E-state index is 10.6. The zero-order chi connectivity index (χ0) is 24.3. The Morgan fingerprint density at radius 3 is 2.38 bits per heavy atom. The summed E-state index contributed by atoms with van der Waals surface area (Å²) in [5, 5.41) is 15.4. The molecule has 0 radical (unpaired) electrons. The Morgan fingerprint density at radius 1 is 1.03 bits per heavy atom. The van der Waals surface area contributed by atoms with Crippen molar-refractivity contribution in [1.29, 1.82) is 0 Å². The minimum atomic E-state index is -0.389. The third kappa shape index (κ3) is 7.06. The molecule has 3 aromatic rings. The first-order chi connectivity index (χ1) is 16.5. The number of unbranched alkanes of at least 4 members (excludes halogenated alkanes) is 1. The lowest BCUT2D eigenvalue weighted by molar-refractivity contribution is 0.0788. The molecule has 1 atom stereocenters. The number of aliphatic hydroxyl groups excluding tert-OH is 1. The molecule has 0 aliphatic carbocycles. The molecule has 7 heteroatoms. The van der Waals surface area contributed by atoms with Gasteiger partial charge < -0.3 is 19.3 Å². The fraction of sp³-hybridized carbons (Fsp3) is 0.444. The van der Waals surface area contributed by atoms with Crippen LogP contribution in [-0.4, -0.2) is 59.8 Å². The maximum absolute atomic E-state index is 10.6. The van der Waals surface area contributed by atoms with Gasteiger partial charge in [-0.2, -0.15) is 5.10 Å². The van der Waals surface area contributed by atoms with Crippen LogP contribution >= 0.6 is 0 Å². The summed E-state index contributed by atoms with van der Waals surface area (Å²) in [7, 11) is 5.23. The predicted molar refractivity (Wildman–Crippen MR) is 134 cm³/mol. The fourth-order valence-corrected chi connectivity index (χ4v) is 3.91. The van der Waals surface area contributed by atoms with Crippen molar-refractivity contribution >= 4 is 0 Å². The molecule has 0 unspecified atom stereocenters. The average Bonchev–Trinajstić information content (AvgIpc) is 3.16. The highest BCUT2D eigenvalue weighted by molar-refractivity contribution is 5.65. The molecule has 184 valence electrons. The van der Waals surface area contributed by atoms with Crippen molar-refractivity contribution in [2.75, 3.05) is 33.9 Å². The first-order valence-corrected chi connectivity index (χ1v) is 11.9. The molecule has 3 rings (SSSR count). The lowest BCUT2D eigenvalue weighted by Crippen LogP contribution is -2.34. The van der Waals surface area contributed by atoms with Crippen LogP contribution in [0.3, 0.4) is 0 Å². The number of methoxy groups -OCH3 is 2. The predicted octanol–water partition coefficient (Wildman–Crippen LogP) is 4.89. The summed E-state index contributed by atoms with van der Waals surface area (Å²) in [6, 6.07) is 17.6. The van der Waals surface area contributed by atoms with E-state index in [2.05, 4.69) is 24.0 Å². The van der Waals surface area contributed by atoms with Crippen LogP contribution in [0.1, 0.15) is 31.7 Å². The molecule has 0 aliphatic rings. The van der Waals surface area contributed by atoms with Crippen molar-refractivity contribution in [3.8, 4) is 28.6 Å². The van der Waals surface area contributed by atoms with Gasteiger partial charge in [0, 0.05) is 39.4 Å². The zero-order valence-electron chi connectivity index (χ0n) is 20.7. The average molecular weight is 468 g/mol. The van der Waals surface area contributed by atoms with Gasteiger partial charge in [-0.15, -0.1) is 0 Å². The Labute approximate surface area is 202 Å². The third-order valence-electron chi connectivity index (χ3n) is 5.76. The van der Waals surface area contributed by atoms with Gasteiger partial charge in [0.2, 0.25) is 5.88 Å². The first kappa shape index (κ1) is 25.7. The lowest BCUT2D eigenvalue weighted by Gasteiger charge is -2.25. The standard InChI is InChI=1S/C27H37N3O4/c1-5-6-12-22(31)19-30(17-18-32-3)20-25-26(21-10-8-7-9-11-21)28-29(2)27(25)34-24-15-13-23(33-4)14-16-24/h7-11,13-16,22,31H,5-6,12,17-20H2,1-4H3/t22-/m1/s1. The van der Waals surface area contributed by atoms with Gasteiger partial charge in [0.05, 0.1) is 25.4 Å². The number of nitrogens with zero attached hydrogens (tertiary/aromatic N) is 3. The molecule has 2 aromatic carbocycles. The summed E-state index contributed by atoms with van der Waals surface area (Å²) in [6.45, 7) is 4.56. The third-order valence-corrected chi connectivity index (χ3v) is 5.76. The number of ether oxygens (including phenoxy) is 3. The van der Waals surface area contributed by atoms with Gasteiger partial charge in [0.15, 0.2) is 0 Å². The van der Waals surface area contributed by atoms with E-state index in [0.717, 1.165) is 41.8 Å². The quantitative estimate of drug-likeness (QED) is 0.364. The van der Waals surface area contributed by atoms with E-state index in [1.165, 1.54) is 0 Å². The number of aryl methyl sites for hydroxylation is 1. The van der Waals surface area contributed by atoms with Crippen molar-refractivity contribution in [2.45, 2.75) is 38.8 Å². The van der Waals surface area contributed by atoms with Gasteiger partial charge in [-0.3, -0.25) is 4.90 Å². The second-order valence-electron chi connectivity index (χ2n) is 8.42. The van der Waals surface area contributed by atoms with Crippen LogP contribution in [0.25, 0.3) is 11.3 Å². The second kappa shape index (κ2) is 13.1. The van der Waals surface area contributed by atoms with Crippen molar-refractivity contribution < 1.29 is 19.3 Å². The molecule has 1 aromatic heterocycles. The molecule has 0 amide bonds. The van der Waals surface area contributed by atoms with Gasteiger partial charge >= 0.3 is 0 Å². The summed E-state index contributed by atoms with van der Waals surface area (Å²) in [4.78, 5) is 2.22. The van der Waals surface area contributed by atoms with Crippen LogP contribution < -0.4 is 9.47 Å². The Balaban J connectivity index is 1.94. The Hall–Kier alpha value is -2.87. The molecule has 1 N–H and O–H groups in total. The highest BCUT2D eigenvalue weighted by Gasteiger charge is 2.23. The maximum Gasteiger partial charge on any atom is 0.222 e. The number of rotatable bonds is 14. The van der Waals surface area contributed by atoms with E-state index in [1.807, 2.05) is 49.5 Å². The van der Waals surface area contributed by atoms with Gasteiger partial charge in [0.1, 0.15) is 17.2 Å². The molecule has 0 saturated heterocycles. The van der Waals surface area contributed by atoms with Gasteiger partial charge in [-0.05, 0) is 30.7 Å². The minimum absolute atomic E-state index is 0.389. The molecule has 0 aliphatic heterocycles. The highest BCUT2D eigenvalue weighted by atomic mass is 16.5. The smallest absolute Gasteiger partial charge is 0.222 e. The van der Waals surface area contributed by atoms with Crippen LogP contribution in [0, 0.1) is 0 Å². The molecule has 0 saturated carbocycles. The van der Waals surface area contributed by atoms with Gasteiger partial charge in [-0.25, -0.2) is 4.68 Å². The minimum Gasteiger partial charge on any atom is -0.497 e. The van der Waals surface area contributed by atoms with Crippen LogP contribution in [0.4, 0.5) is 0 Å². The SMILES string of the molecule is CCCC[C@@H](O)CN(CCOC)Cc1c(-c2ccccc2)nn(C)c1Oc1ccc(OC)cc1. The molecule has 0 spiro atoms. The van der Waals surface area contributed by atoms with E-state index in [0.29, 0.717) is 37.9 Å². The summed E-state index contributed by atoms with van der Waals surface area (Å²) in [5.74, 6) is 2.15. The number of hydrogen-bond acceptors (Lipinski definition) is 6. The largest absolute Gasteiger partial charge is 0.497 e. The number of benzene rings is 2. The molecule has 1 heterocycles. The lowest BCUT2D eigenvalue weighted by atomic mass is 10.1. The Kier molecular flexibility index (Phi) is 9.94. The van der Waals surface area contributed by atoms with Crippen molar-refractivity contribution in [3.05, 3.63) is 60.2 Å². The number of aliphatic hydroxyl groups is 1. The fourth-order valence-electron chi connectivity index (χ4n) is 3.91. The Bertz CT molecular complexity index is 989. The summed E-state index contributed by atoms with van der Waals surface area (Å²) >= 11 is 0. The van der Waals surface area contributed by atoms with Gasteiger partial charge in [-0.1, -0.05) is 50.1 Å². The molecular formula is C27H37N3O4. The molecule has 0 bridgehead atoms. The van der Waals surface area contributed by atoms with E-state index in [9.17, 15) is 5.11 Å². The van der Waals surface area contributed by atoms with E-state index in [-0.39, 0.29) is 6.10 Å². The second-order valence-corrected chi connectivity index (χ2v) is 8.42. The Morgan fingerprint density at radius 2 is 1.74 bits per heavy atom. The van der Waals surface area contributed by atoms with Crippen molar-refractivity contribution in [1.82, 2.24) is 14.7 Å². The highest BCUT2D eigenvalue weighted by Crippen LogP contribution is 2.34. The topological polar surface area (TPSA) is 69.0 Å². The van der Waals surface area contributed by atoms with E-state index >= 15 is 0 Å². The summed E-state index contributed by atoms with van der Waals surface area (Å²) in [5.41, 5.74) is 2.87. The van der Waals surface area contributed by atoms with Crippen LogP contribution in [0.2, 0.25) is 0 Å². The molecular weight excluding hydrogens is 430 g/mol. The van der Waals surface area contributed by atoms with Crippen LogP contribution in [0.5, 0.6) is 17.4 Å². The van der Waals surface area contributed by atoms with Crippen molar-refractivity contribution in [2.24, 2.45) is 7.05 Å². The molecule has 7 nitrogen and oxygen atoms in total. The molecule has 0 fully saturated rings. The van der Waals surface area contributed by atoms with Crippen molar-refractivity contribution in [3.63, 3.8) is 0 Å². The van der Waals surface area contributed by atoms with E-state index in [4.69, 9.17) is 19.3 Å².